The molecule has 0 unspecified atom stereocenters. The van der Waals surface area contributed by atoms with Gasteiger partial charge < -0.3 is 4.90 Å². The molecule has 2 aliphatic rings. The molecule has 2 heterocycles. The van der Waals surface area contributed by atoms with E-state index in [2.05, 4.69) is 76.2 Å². The van der Waals surface area contributed by atoms with Crippen LogP contribution in [0.3, 0.4) is 0 Å². The summed E-state index contributed by atoms with van der Waals surface area (Å²) in [7, 11) is 0. The van der Waals surface area contributed by atoms with Gasteiger partial charge in [-0.25, -0.2) is 0 Å². The zero-order valence-electron chi connectivity index (χ0n) is 16.0. The number of nitrogens with zero attached hydrogens (tertiary/aromatic N) is 3. The summed E-state index contributed by atoms with van der Waals surface area (Å²) in [5, 5.41) is 0. The molecule has 3 heteroatoms. The predicted molar refractivity (Wildman–Crippen MR) is 110 cm³/mol. The Bertz CT molecular complexity index is 692. The molecular formula is C23H31N3. The van der Waals surface area contributed by atoms with Crippen LogP contribution in [-0.4, -0.2) is 55.1 Å². The number of likely N-dealkylation sites (tertiary alicyclic amines) is 1. The largest absolute Gasteiger partial charge is 0.369 e. The first-order chi connectivity index (χ1) is 12.8. The summed E-state index contributed by atoms with van der Waals surface area (Å²) < 4.78 is 0. The van der Waals surface area contributed by atoms with Crippen molar-refractivity contribution in [3.63, 3.8) is 0 Å². The number of anilines is 1. The van der Waals surface area contributed by atoms with Crippen molar-refractivity contribution in [1.82, 2.24) is 9.80 Å². The topological polar surface area (TPSA) is 9.72 Å². The summed E-state index contributed by atoms with van der Waals surface area (Å²) >= 11 is 0. The zero-order chi connectivity index (χ0) is 17.8. The summed E-state index contributed by atoms with van der Waals surface area (Å²) in [6.07, 6.45) is 2.69. The standard InChI is InChI=1S/C23H31N3/c1-20-8-5-6-12-23(20)26-16-14-25(15-17-26)22-11-7-13-24(19-22)18-21-9-3-2-4-10-21/h2-6,8-10,12,22H,7,11,13-19H2,1H3/t22-/m0/s1. The molecule has 0 amide bonds. The van der Waals surface area contributed by atoms with Crippen LogP contribution in [0.25, 0.3) is 0 Å². The Morgan fingerprint density at radius 1 is 0.846 bits per heavy atom. The van der Waals surface area contributed by atoms with E-state index >= 15 is 0 Å². The van der Waals surface area contributed by atoms with Gasteiger partial charge in [0.05, 0.1) is 0 Å². The minimum Gasteiger partial charge on any atom is -0.369 e. The second-order valence-electron chi connectivity index (χ2n) is 7.83. The first kappa shape index (κ1) is 17.6. The van der Waals surface area contributed by atoms with Crippen LogP contribution in [0.15, 0.2) is 54.6 Å². The maximum Gasteiger partial charge on any atom is 0.0396 e. The molecule has 0 spiro atoms. The molecule has 2 aliphatic heterocycles. The van der Waals surface area contributed by atoms with Gasteiger partial charge in [0, 0.05) is 51.0 Å². The van der Waals surface area contributed by atoms with Crippen LogP contribution in [-0.2, 0) is 6.54 Å². The van der Waals surface area contributed by atoms with Crippen LogP contribution in [0, 0.1) is 6.92 Å². The Balaban J connectivity index is 1.32. The summed E-state index contributed by atoms with van der Waals surface area (Å²) in [4.78, 5) is 7.96. The number of piperidine rings is 1. The molecule has 1 atom stereocenters. The smallest absolute Gasteiger partial charge is 0.0396 e. The Labute approximate surface area is 158 Å². The molecule has 0 bridgehead atoms. The van der Waals surface area contributed by atoms with Gasteiger partial charge in [0.25, 0.3) is 0 Å². The molecule has 3 nitrogen and oxygen atoms in total. The maximum absolute atomic E-state index is 2.74. The molecule has 0 aliphatic carbocycles. The first-order valence-corrected chi connectivity index (χ1v) is 10.1. The van der Waals surface area contributed by atoms with Gasteiger partial charge in [0.2, 0.25) is 0 Å². The summed E-state index contributed by atoms with van der Waals surface area (Å²) in [5.74, 6) is 0. The fraction of sp³-hybridized carbons (Fsp3) is 0.478. The normalized spacial score (nSPS) is 22.5. The lowest BCUT2D eigenvalue weighted by Crippen LogP contribution is -2.55. The van der Waals surface area contributed by atoms with Crippen LogP contribution in [0.5, 0.6) is 0 Å². The third-order valence-corrected chi connectivity index (χ3v) is 6.02. The number of piperazine rings is 1. The minimum absolute atomic E-state index is 0.728. The Morgan fingerprint density at radius 3 is 2.35 bits per heavy atom. The Hall–Kier alpha value is -1.84. The van der Waals surface area contributed by atoms with Crippen LogP contribution < -0.4 is 4.90 Å². The van der Waals surface area contributed by atoms with Gasteiger partial charge in [0.15, 0.2) is 0 Å². The molecule has 26 heavy (non-hydrogen) atoms. The highest BCUT2D eigenvalue weighted by Crippen LogP contribution is 2.24. The highest BCUT2D eigenvalue weighted by Gasteiger charge is 2.28. The van der Waals surface area contributed by atoms with Gasteiger partial charge in [0.1, 0.15) is 0 Å². The van der Waals surface area contributed by atoms with Crippen molar-refractivity contribution in [2.24, 2.45) is 0 Å². The van der Waals surface area contributed by atoms with Gasteiger partial charge in [-0.1, -0.05) is 48.5 Å². The summed E-state index contributed by atoms with van der Waals surface area (Å²) in [6, 6.07) is 20.5. The van der Waals surface area contributed by atoms with Gasteiger partial charge in [-0.3, -0.25) is 9.80 Å². The van der Waals surface area contributed by atoms with E-state index in [1.165, 1.54) is 55.8 Å². The molecule has 2 fully saturated rings. The molecule has 2 aromatic rings. The third kappa shape index (κ3) is 4.11. The van der Waals surface area contributed by atoms with E-state index in [0.29, 0.717) is 0 Å². The van der Waals surface area contributed by atoms with Gasteiger partial charge in [-0.05, 0) is 43.5 Å². The number of hydrogen-bond acceptors (Lipinski definition) is 3. The molecular weight excluding hydrogens is 318 g/mol. The predicted octanol–water partition coefficient (Wildman–Crippen LogP) is 3.78. The highest BCUT2D eigenvalue weighted by atomic mass is 15.3. The highest BCUT2D eigenvalue weighted by molar-refractivity contribution is 5.53. The quantitative estimate of drug-likeness (QED) is 0.832. The number of rotatable bonds is 4. The van der Waals surface area contributed by atoms with E-state index < -0.39 is 0 Å². The molecule has 0 aromatic heterocycles. The molecule has 0 radical (unpaired) electrons. The zero-order valence-corrected chi connectivity index (χ0v) is 16.0. The Kier molecular flexibility index (Phi) is 5.57. The van der Waals surface area contributed by atoms with Crippen molar-refractivity contribution >= 4 is 5.69 Å². The summed E-state index contributed by atoms with van der Waals surface area (Å²) in [5.41, 5.74) is 4.26. The average Bonchev–Trinajstić information content (AvgIpc) is 2.70. The lowest BCUT2D eigenvalue weighted by Gasteiger charge is -2.44. The van der Waals surface area contributed by atoms with Crippen LogP contribution in [0.1, 0.15) is 24.0 Å². The van der Waals surface area contributed by atoms with Crippen molar-refractivity contribution in [1.29, 1.82) is 0 Å². The van der Waals surface area contributed by atoms with Crippen molar-refractivity contribution in [2.45, 2.75) is 32.4 Å². The molecule has 138 valence electrons. The second kappa shape index (κ2) is 8.24. The molecule has 2 saturated heterocycles. The second-order valence-corrected chi connectivity index (χ2v) is 7.83. The minimum atomic E-state index is 0.728. The molecule has 0 saturated carbocycles. The monoisotopic (exact) mass is 349 g/mol. The maximum atomic E-state index is 2.74. The lowest BCUT2D eigenvalue weighted by molar-refractivity contribution is 0.0887. The first-order valence-electron chi connectivity index (χ1n) is 10.1. The van der Waals surface area contributed by atoms with Gasteiger partial charge in [-0.2, -0.15) is 0 Å². The van der Waals surface area contributed by atoms with Crippen molar-refractivity contribution in [2.75, 3.05) is 44.2 Å². The SMILES string of the molecule is Cc1ccccc1N1CCN([C@H]2CCCN(Cc3ccccc3)C2)CC1. The van der Waals surface area contributed by atoms with Crippen LogP contribution in [0.2, 0.25) is 0 Å². The average molecular weight is 350 g/mol. The van der Waals surface area contributed by atoms with Crippen molar-refractivity contribution in [3.05, 3.63) is 65.7 Å². The molecule has 4 rings (SSSR count). The van der Waals surface area contributed by atoms with E-state index in [1.54, 1.807) is 0 Å². The van der Waals surface area contributed by atoms with E-state index in [0.717, 1.165) is 25.7 Å². The van der Waals surface area contributed by atoms with Crippen molar-refractivity contribution < 1.29 is 0 Å². The number of benzene rings is 2. The van der Waals surface area contributed by atoms with E-state index in [4.69, 9.17) is 0 Å². The fourth-order valence-corrected chi connectivity index (χ4v) is 4.56. The number of aryl methyl sites for hydroxylation is 1. The third-order valence-electron chi connectivity index (χ3n) is 6.02. The summed E-state index contributed by atoms with van der Waals surface area (Å²) in [6.45, 7) is 10.5. The fourth-order valence-electron chi connectivity index (χ4n) is 4.56. The molecule has 2 aromatic carbocycles. The Morgan fingerprint density at radius 2 is 1.58 bits per heavy atom. The van der Waals surface area contributed by atoms with E-state index in [9.17, 15) is 0 Å². The van der Waals surface area contributed by atoms with Crippen LogP contribution in [0.4, 0.5) is 5.69 Å². The van der Waals surface area contributed by atoms with Crippen molar-refractivity contribution in [3.8, 4) is 0 Å². The van der Waals surface area contributed by atoms with Gasteiger partial charge in [-0.15, -0.1) is 0 Å². The van der Waals surface area contributed by atoms with E-state index in [-0.39, 0.29) is 0 Å². The lowest BCUT2D eigenvalue weighted by atomic mass is 10.0. The van der Waals surface area contributed by atoms with Crippen LogP contribution >= 0.6 is 0 Å². The van der Waals surface area contributed by atoms with Gasteiger partial charge >= 0.3 is 0 Å². The van der Waals surface area contributed by atoms with E-state index in [1.807, 2.05) is 0 Å². The molecule has 0 N–H and O–H groups in total. The number of para-hydroxylation sites is 1. The number of hydrogen-bond donors (Lipinski definition) is 0.